The van der Waals surface area contributed by atoms with E-state index < -0.39 is 33.6 Å². The van der Waals surface area contributed by atoms with Gasteiger partial charge in [-0.05, 0) is 56.2 Å². The minimum atomic E-state index is -3.69. The van der Waals surface area contributed by atoms with Crippen LogP contribution in [0.3, 0.4) is 0 Å². The van der Waals surface area contributed by atoms with Gasteiger partial charge in [-0.3, -0.25) is 20.4 Å². The smallest absolute Gasteiger partial charge is 0.269 e. The molecule has 154 valence electrons. The first-order valence-electron chi connectivity index (χ1n) is 9.20. The Labute approximate surface area is 168 Å². The summed E-state index contributed by atoms with van der Waals surface area (Å²) in [6.45, 7) is 2.24. The zero-order valence-corrected chi connectivity index (χ0v) is 16.7. The van der Waals surface area contributed by atoms with E-state index in [1.807, 2.05) is 6.92 Å². The van der Waals surface area contributed by atoms with Gasteiger partial charge in [0.1, 0.15) is 5.82 Å². The number of hydrogen-bond donors (Lipinski definition) is 2. The first kappa shape index (κ1) is 20.9. The molecule has 1 aliphatic heterocycles. The molecule has 0 spiro atoms. The molecule has 3 rings (SSSR count). The van der Waals surface area contributed by atoms with E-state index in [4.69, 9.17) is 0 Å². The van der Waals surface area contributed by atoms with Gasteiger partial charge in [0.05, 0.1) is 10.8 Å². The highest BCUT2D eigenvalue weighted by atomic mass is 32.2. The Hall–Kier alpha value is -2.78. The molecule has 7 nitrogen and oxygen atoms in total. The number of hydrazine groups is 1. The third-order valence-electron chi connectivity index (χ3n) is 4.82. The Morgan fingerprint density at radius 2 is 1.69 bits per heavy atom. The second kappa shape index (κ2) is 8.71. The molecule has 0 aromatic heterocycles. The predicted molar refractivity (Wildman–Crippen MR) is 105 cm³/mol. The van der Waals surface area contributed by atoms with Gasteiger partial charge in [-0.25, -0.2) is 12.8 Å². The zero-order valence-electron chi connectivity index (χ0n) is 15.9. The summed E-state index contributed by atoms with van der Waals surface area (Å²) in [6.07, 6.45) is 1.05. The molecule has 9 heteroatoms. The second-order valence-electron chi connectivity index (χ2n) is 6.97. The van der Waals surface area contributed by atoms with Gasteiger partial charge in [0.2, 0.25) is 15.9 Å². The molecule has 1 aliphatic rings. The normalized spacial score (nSPS) is 17.5. The quantitative estimate of drug-likeness (QED) is 0.741. The zero-order chi connectivity index (χ0) is 21.0. The number of benzene rings is 2. The maximum Gasteiger partial charge on any atom is 0.269 e. The van der Waals surface area contributed by atoms with Crippen molar-refractivity contribution in [2.24, 2.45) is 5.92 Å². The van der Waals surface area contributed by atoms with Crippen LogP contribution in [0.15, 0.2) is 53.4 Å². The summed E-state index contributed by atoms with van der Waals surface area (Å²) in [5, 5.41) is 0. The van der Waals surface area contributed by atoms with E-state index in [2.05, 4.69) is 10.9 Å². The molecule has 1 fully saturated rings. The Kier molecular flexibility index (Phi) is 6.29. The average molecular weight is 419 g/mol. The molecule has 2 aromatic rings. The molecule has 1 atom stereocenters. The molecule has 1 saturated heterocycles. The van der Waals surface area contributed by atoms with E-state index in [9.17, 15) is 22.4 Å². The predicted octanol–water partition coefficient (Wildman–Crippen LogP) is 2.00. The number of piperidine rings is 1. The summed E-state index contributed by atoms with van der Waals surface area (Å²) in [5.74, 6) is -2.11. The number of nitrogens with one attached hydrogen (secondary N) is 2. The van der Waals surface area contributed by atoms with E-state index in [-0.39, 0.29) is 17.0 Å². The summed E-state index contributed by atoms with van der Waals surface area (Å²) < 4.78 is 39.9. The van der Waals surface area contributed by atoms with Crippen LogP contribution < -0.4 is 10.9 Å². The standard InChI is InChI=1S/C20H22FN3O4S/c1-14-4-10-18(11-5-14)29(27,28)24-12-2-3-16(13-24)20(26)23-22-19(25)15-6-8-17(21)9-7-15/h4-11,16H,2-3,12-13H2,1H3,(H,22,25)(H,23,26)/t16-/m1/s1. The molecular weight excluding hydrogens is 397 g/mol. The first-order chi connectivity index (χ1) is 13.8. The molecule has 29 heavy (non-hydrogen) atoms. The van der Waals surface area contributed by atoms with Crippen molar-refractivity contribution in [2.45, 2.75) is 24.7 Å². The summed E-state index contributed by atoms with van der Waals surface area (Å²) in [5.41, 5.74) is 5.76. The van der Waals surface area contributed by atoms with Crippen molar-refractivity contribution in [3.05, 3.63) is 65.5 Å². The van der Waals surface area contributed by atoms with Crippen molar-refractivity contribution in [2.75, 3.05) is 13.1 Å². The maximum atomic E-state index is 12.9. The third kappa shape index (κ3) is 4.99. The fraction of sp³-hybridized carbons (Fsp3) is 0.300. The lowest BCUT2D eigenvalue weighted by Gasteiger charge is -2.31. The van der Waals surface area contributed by atoms with Crippen molar-refractivity contribution < 1.29 is 22.4 Å². The van der Waals surface area contributed by atoms with Gasteiger partial charge in [0, 0.05) is 18.7 Å². The number of carbonyl (C=O) groups excluding carboxylic acids is 2. The van der Waals surface area contributed by atoms with Gasteiger partial charge >= 0.3 is 0 Å². The SMILES string of the molecule is Cc1ccc(S(=O)(=O)N2CCC[C@@H](C(=O)NNC(=O)c3ccc(F)cc3)C2)cc1. The highest BCUT2D eigenvalue weighted by Crippen LogP contribution is 2.24. The highest BCUT2D eigenvalue weighted by Gasteiger charge is 2.33. The van der Waals surface area contributed by atoms with Gasteiger partial charge in [-0.2, -0.15) is 4.31 Å². The van der Waals surface area contributed by atoms with Crippen molar-refractivity contribution in [3.8, 4) is 0 Å². The fourth-order valence-electron chi connectivity index (χ4n) is 3.13. The fourth-order valence-corrected chi connectivity index (χ4v) is 4.65. The van der Waals surface area contributed by atoms with Crippen molar-refractivity contribution in [1.82, 2.24) is 15.2 Å². The summed E-state index contributed by atoms with van der Waals surface area (Å²) in [7, 11) is -3.69. The van der Waals surface area contributed by atoms with Crippen LogP contribution in [0.4, 0.5) is 4.39 Å². The number of rotatable bonds is 4. The van der Waals surface area contributed by atoms with Crippen molar-refractivity contribution in [3.63, 3.8) is 0 Å². The van der Waals surface area contributed by atoms with Gasteiger partial charge in [-0.15, -0.1) is 0 Å². The number of halogens is 1. The van der Waals surface area contributed by atoms with Crippen LogP contribution in [0.2, 0.25) is 0 Å². The van der Waals surface area contributed by atoms with Gasteiger partial charge < -0.3 is 0 Å². The van der Waals surface area contributed by atoms with Crippen LogP contribution in [0.5, 0.6) is 0 Å². The molecule has 1 heterocycles. The number of amides is 2. The van der Waals surface area contributed by atoms with Gasteiger partial charge in [-0.1, -0.05) is 17.7 Å². The molecule has 2 N–H and O–H groups in total. The van der Waals surface area contributed by atoms with E-state index in [0.29, 0.717) is 19.4 Å². The lowest BCUT2D eigenvalue weighted by atomic mass is 9.99. The van der Waals surface area contributed by atoms with Crippen LogP contribution in [-0.2, 0) is 14.8 Å². The molecule has 2 amide bonds. The van der Waals surface area contributed by atoms with E-state index >= 15 is 0 Å². The lowest BCUT2D eigenvalue weighted by molar-refractivity contribution is -0.126. The minimum Gasteiger partial charge on any atom is -0.273 e. The van der Waals surface area contributed by atoms with Gasteiger partial charge in [0.25, 0.3) is 5.91 Å². The topological polar surface area (TPSA) is 95.6 Å². The number of hydrogen-bond acceptors (Lipinski definition) is 4. The molecule has 0 aliphatic carbocycles. The first-order valence-corrected chi connectivity index (χ1v) is 10.6. The Bertz CT molecular complexity index is 991. The summed E-state index contributed by atoms with van der Waals surface area (Å²) >= 11 is 0. The van der Waals surface area contributed by atoms with Crippen LogP contribution in [-0.4, -0.2) is 37.6 Å². The minimum absolute atomic E-state index is 0.0362. The summed E-state index contributed by atoms with van der Waals surface area (Å²) in [4.78, 5) is 24.6. The molecule has 0 unspecified atom stereocenters. The third-order valence-corrected chi connectivity index (χ3v) is 6.70. The molecule has 2 aromatic carbocycles. The average Bonchev–Trinajstić information content (AvgIpc) is 2.72. The number of sulfonamides is 1. The summed E-state index contributed by atoms with van der Waals surface area (Å²) in [6, 6.07) is 11.4. The van der Waals surface area contributed by atoms with Crippen LogP contribution >= 0.6 is 0 Å². The molecule has 0 radical (unpaired) electrons. The van der Waals surface area contributed by atoms with E-state index in [0.717, 1.165) is 17.7 Å². The lowest BCUT2D eigenvalue weighted by Crippen LogP contribution is -2.50. The van der Waals surface area contributed by atoms with Gasteiger partial charge in [0.15, 0.2) is 0 Å². The monoisotopic (exact) mass is 419 g/mol. The largest absolute Gasteiger partial charge is 0.273 e. The van der Waals surface area contributed by atoms with Crippen LogP contribution in [0.25, 0.3) is 0 Å². The van der Waals surface area contributed by atoms with Crippen LogP contribution in [0.1, 0.15) is 28.8 Å². The van der Waals surface area contributed by atoms with Crippen molar-refractivity contribution >= 4 is 21.8 Å². The maximum absolute atomic E-state index is 12.9. The number of aryl methyl sites for hydroxylation is 1. The van der Waals surface area contributed by atoms with Crippen molar-refractivity contribution in [1.29, 1.82) is 0 Å². The molecule has 0 bridgehead atoms. The number of carbonyl (C=O) groups is 2. The van der Waals surface area contributed by atoms with E-state index in [1.54, 1.807) is 24.3 Å². The Morgan fingerprint density at radius 3 is 2.34 bits per heavy atom. The molecular formula is C20H22FN3O4S. The van der Waals surface area contributed by atoms with E-state index in [1.165, 1.54) is 16.4 Å². The highest BCUT2D eigenvalue weighted by molar-refractivity contribution is 7.89. The Morgan fingerprint density at radius 1 is 1.03 bits per heavy atom. The second-order valence-corrected chi connectivity index (χ2v) is 8.90. The Balaban J connectivity index is 1.61. The number of nitrogens with zero attached hydrogens (tertiary/aromatic N) is 1. The molecule has 0 saturated carbocycles. The van der Waals surface area contributed by atoms with Crippen LogP contribution in [0, 0.1) is 18.7 Å².